The molecular formula is C17H35IN4O. The Morgan fingerprint density at radius 2 is 1.91 bits per heavy atom. The van der Waals surface area contributed by atoms with E-state index in [9.17, 15) is 0 Å². The first-order valence-corrected chi connectivity index (χ1v) is 9.06. The Labute approximate surface area is 159 Å². The molecule has 0 saturated carbocycles. The molecule has 0 aromatic carbocycles. The minimum Gasteiger partial charge on any atom is -0.378 e. The summed E-state index contributed by atoms with van der Waals surface area (Å²) in [5.74, 6) is 1.83. The van der Waals surface area contributed by atoms with Crippen molar-refractivity contribution in [2.45, 2.75) is 45.6 Å². The van der Waals surface area contributed by atoms with E-state index in [4.69, 9.17) is 4.74 Å². The molecule has 0 radical (unpaired) electrons. The van der Waals surface area contributed by atoms with Gasteiger partial charge in [0.25, 0.3) is 0 Å². The molecule has 23 heavy (non-hydrogen) atoms. The molecule has 1 unspecified atom stereocenters. The maximum Gasteiger partial charge on any atom is 0.193 e. The topological polar surface area (TPSA) is 40.1 Å². The van der Waals surface area contributed by atoms with Crippen LogP contribution in [0.15, 0.2) is 4.99 Å². The number of piperidine rings is 2. The number of aliphatic imine (C=N–C) groups is 1. The predicted molar refractivity (Wildman–Crippen MR) is 108 cm³/mol. The van der Waals surface area contributed by atoms with Crippen molar-refractivity contribution in [3.63, 3.8) is 0 Å². The SMILES string of the molecule is CCOC1CCN(C(=NC)NCC2CCCN(CC)C2)CC1.I. The van der Waals surface area contributed by atoms with Crippen LogP contribution < -0.4 is 5.32 Å². The highest BCUT2D eigenvalue weighted by Gasteiger charge is 2.23. The van der Waals surface area contributed by atoms with Gasteiger partial charge in [-0.3, -0.25) is 4.99 Å². The summed E-state index contributed by atoms with van der Waals surface area (Å²) in [6.07, 6.45) is 5.34. The highest BCUT2D eigenvalue weighted by Crippen LogP contribution is 2.16. The van der Waals surface area contributed by atoms with E-state index < -0.39 is 0 Å². The number of hydrogen-bond donors (Lipinski definition) is 1. The van der Waals surface area contributed by atoms with Crippen molar-refractivity contribution in [3.8, 4) is 0 Å². The van der Waals surface area contributed by atoms with Gasteiger partial charge in [-0.25, -0.2) is 0 Å². The average molecular weight is 438 g/mol. The van der Waals surface area contributed by atoms with Gasteiger partial charge in [0.2, 0.25) is 0 Å². The third-order valence-corrected chi connectivity index (χ3v) is 4.95. The van der Waals surface area contributed by atoms with Gasteiger partial charge < -0.3 is 19.9 Å². The van der Waals surface area contributed by atoms with Crippen molar-refractivity contribution in [1.82, 2.24) is 15.1 Å². The normalized spacial score (nSPS) is 24.4. The zero-order valence-corrected chi connectivity index (χ0v) is 17.4. The Balaban J connectivity index is 0.00000264. The molecule has 2 aliphatic rings. The second-order valence-electron chi connectivity index (χ2n) is 6.47. The Bertz CT molecular complexity index is 345. The lowest BCUT2D eigenvalue weighted by Crippen LogP contribution is -2.49. The molecule has 0 amide bonds. The van der Waals surface area contributed by atoms with Gasteiger partial charge in [-0.1, -0.05) is 6.92 Å². The van der Waals surface area contributed by atoms with E-state index in [2.05, 4.69) is 34.0 Å². The maximum atomic E-state index is 5.73. The molecule has 2 rings (SSSR count). The molecule has 1 atom stereocenters. The number of rotatable bonds is 5. The standard InChI is InChI=1S/C17H34N4O.HI/c1-4-20-10-6-7-15(14-20)13-19-17(18-3)21-11-8-16(9-12-21)22-5-2;/h15-16H,4-14H2,1-3H3,(H,18,19);1H. The molecule has 0 bridgehead atoms. The van der Waals surface area contributed by atoms with Crippen molar-refractivity contribution in [2.75, 3.05) is 52.9 Å². The summed E-state index contributed by atoms with van der Waals surface area (Å²) in [4.78, 5) is 9.43. The number of nitrogens with one attached hydrogen (secondary N) is 1. The molecule has 2 aliphatic heterocycles. The number of ether oxygens (including phenoxy) is 1. The summed E-state index contributed by atoms with van der Waals surface area (Å²) < 4.78 is 5.73. The summed E-state index contributed by atoms with van der Waals surface area (Å²) in [7, 11) is 1.90. The van der Waals surface area contributed by atoms with Crippen LogP contribution in [0.25, 0.3) is 0 Å². The van der Waals surface area contributed by atoms with Crippen LogP contribution in [0.2, 0.25) is 0 Å². The van der Waals surface area contributed by atoms with Crippen LogP contribution in [0.1, 0.15) is 39.5 Å². The number of nitrogens with zero attached hydrogens (tertiary/aromatic N) is 3. The lowest BCUT2D eigenvalue weighted by Gasteiger charge is -2.36. The third-order valence-electron chi connectivity index (χ3n) is 4.95. The summed E-state index contributed by atoms with van der Waals surface area (Å²) in [6.45, 7) is 12.0. The third kappa shape index (κ3) is 6.74. The Hall–Kier alpha value is -0.0800. The fourth-order valence-corrected chi connectivity index (χ4v) is 3.64. The summed E-state index contributed by atoms with van der Waals surface area (Å²) in [5.41, 5.74) is 0. The van der Waals surface area contributed by atoms with Gasteiger partial charge in [0, 0.05) is 39.8 Å². The second-order valence-corrected chi connectivity index (χ2v) is 6.47. The van der Waals surface area contributed by atoms with Crippen LogP contribution in [-0.2, 0) is 4.74 Å². The largest absolute Gasteiger partial charge is 0.378 e. The fraction of sp³-hybridized carbons (Fsp3) is 0.941. The number of likely N-dealkylation sites (tertiary alicyclic amines) is 2. The highest BCUT2D eigenvalue weighted by molar-refractivity contribution is 14.0. The minimum absolute atomic E-state index is 0. The maximum absolute atomic E-state index is 5.73. The fourth-order valence-electron chi connectivity index (χ4n) is 3.64. The van der Waals surface area contributed by atoms with Gasteiger partial charge in [0.05, 0.1) is 6.10 Å². The van der Waals surface area contributed by atoms with E-state index >= 15 is 0 Å². The van der Waals surface area contributed by atoms with Crippen LogP contribution in [0.3, 0.4) is 0 Å². The van der Waals surface area contributed by atoms with Gasteiger partial charge >= 0.3 is 0 Å². The smallest absolute Gasteiger partial charge is 0.193 e. The second kappa shape index (κ2) is 11.5. The molecule has 2 heterocycles. The summed E-state index contributed by atoms with van der Waals surface area (Å²) in [6, 6.07) is 0. The van der Waals surface area contributed by atoms with Crippen molar-refractivity contribution >= 4 is 29.9 Å². The van der Waals surface area contributed by atoms with Crippen LogP contribution in [-0.4, -0.2) is 74.8 Å². The Kier molecular flexibility index (Phi) is 10.5. The number of guanidine groups is 1. The Morgan fingerprint density at radius 1 is 1.17 bits per heavy atom. The first-order valence-electron chi connectivity index (χ1n) is 9.06. The van der Waals surface area contributed by atoms with E-state index in [1.54, 1.807) is 0 Å². The molecule has 2 saturated heterocycles. The van der Waals surface area contributed by atoms with Gasteiger partial charge in [0.15, 0.2) is 5.96 Å². The average Bonchev–Trinajstić information content (AvgIpc) is 2.57. The highest BCUT2D eigenvalue weighted by atomic mass is 127. The van der Waals surface area contributed by atoms with Crippen molar-refractivity contribution in [1.29, 1.82) is 0 Å². The molecule has 5 nitrogen and oxygen atoms in total. The molecule has 136 valence electrons. The van der Waals surface area contributed by atoms with E-state index in [0.717, 1.165) is 51.0 Å². The summed E-state index contributed by atoms with van der Waals surface area (Å²) >= 11 is 0. The number of halogens is 1. The predicted octanol–water partition coefficient (Wildman–Crippen LogP) is 2.41. The van der Waals surface area contributed by atoms with Crippen LogP contribution in [0.5, 0.6) is 0 Å². The van der Waals surface area contributed by atoms with Crippen LogP contribution in [0, 0.1) is 5.92 Å². The molecule has 0 aromatic heterocycles. The zero-order chi connectivity index (χ0) is 15.8. The van der Waals surface area contributed by atoms with E-state index in [-0.39, 0.29) is 24.0 Å². The minimum atomic E-state index is 0. The molecule has 0 aromatic rings. The number of hydrogen-bond acceptors (Lipinski definition) is 3. The quantitative estimate of drug-likeness (QED) is 0.407. The summed E-state index contributed by atoms with van der Waals surface area (Å²) in [5, 5.41) is 3.61. The molecule has 1 N–H and O–H groups in total. The molecule has 6 heteroatoms. The zero-order valence-electron chi connectivity index (χ0n) is 15.1. The van der Waals surface area contributed by atoms with Gasteiger partial charge in [0.1, 0.15) is 0 Å². The lowest BCUT2D eigenvalue weighted by molar-refractivity contribution is 0.0263. The van der Waals surface area contributed by atoms with Crippen molar-refractivity contribution in [3.05, 3.63) is 0 Å². The monoisotopic (exact) mass is 438 g/mol. The van der Waals surface area contributed by atoms with Crippen molar-refractivity contribution in [2.24, 2.45) is 10.9 Å². The molecule has 0 spiro atoms. The van der Waals surface area contributed by atoms with E-state index in [0.29, 0.717) is 6.10 Å². The van der Waals surface area contributed by atoms with E-state index in [1.165, 1.54) is 32.5 Å². The molecule has 0 aliphatic carbocycles. The Morgan fingerprint density at radius 3 is 2.52 bits per heavy atom. The van der Waals surface area contributed by atoms with E-state index in [1.807, 2.05) is 7.05 Å². The van der Waals surface area contributed by atoms with Crippen molar-refractivity contribution < 1.29 is 4.74 Å². The van der Waals surface area contributed by atoms with Crippen LogP contribution >= 0.6 is 24.0 Å². The van der Waals surface area contributed by atoms with Crippen LogP contribution in [0.4, 0.5) is 0 Å². The molecule has 2 fully saturated rings. The first kappa shape index (κ1) is 21.0. The molecular weight excluding hydrogens is 403 g/mol. The first-order chi connectivity index (χ1) is 10.8. The van der Waals surface area contributed by atoms with Gasteiger partial charge in [-0.05, 0) is 51.6 Å². The van der Waals surface area contributed by atoms with Gasteiger partial charge in [-0.15, -0.1) is 24.0 Å². The van der Waals surface area contributed by atoms with Gasteiger partial charge in [-0.2, -0.15) is 0 Å². The lowest BCUT2D eigenvalue weighted by atomic mass is 9.98.